The van der Waals surface area contributed by atoms with Crippen molar-refractivity contribution in [3.8, 4) is 0 Å². The van der Waals surface area contributed by atoms with Crippen LogP contribution in [0.15, 0.2) is 0 Å². The molecule has 1 saturated carbocycles. The van der Waals surface area contributed by atoms with Crippen LogP contribution in [0.25, 0.3) is 0 Å². The van der Waals surface area contributed by atoms with E-state index in [1.54, 1.807) is 0 Å². The lowest BCUT2D eigenvalue weighted by Crippen LogP contribution is -2.34. The topological polar surface area (TPSA) is 17.1 Å². The van der Waals surface area contributed by atoms with E-state index in [2.05, 4.69) is 20.8 Å². The monoisotopic (exact) mass is 154 g/mol. The molecular weight excluding hydrogens is 136 g/mol. The van der Waals surface area contributed by atoms with Gasteiger partial charge in [0.1, 0.15) is 5.78 Å². The lowest BCUT2D eigenvalue weighted by Gasteiger charge is -2.32. The first-order valence-electron chi connectivity index (χ1n) is 4.62. The van der Waals surface area contributed by atoms with Crippen LogP contribution in [-0.2, 0) is 4.79 Å². The average molecular weight is 154 g/mol. The van der Waals surface area contributed by atoms with Crippen molar-refractivity contribution >= 4 is 5.78 Å². The molecule has 64 valence electrons. The summed E-state index contributed by atoms with van der Waals surface area (Å²) in [6, 6.07) is 0. The Bertz CT molecular complexity index is 158. The Hall–Kier alpha value is -0.330. The van der Waals surface area contributed by atoms with E-state index >= 15 is 0 Å². The molecule has 0 aromatic heterocycles. The van der Waals surface area contributed by atoms with Gasteiger partial charge in [-0.3, -0.25) is 4.79 Å². The fourth-order valence-corrected chi connectivity index (χ4v) is 1.99. The largest absolute Gasteiger partial charge is 0.299 e. The third kappa shape index (κ3) is 1.63. The van der Waals surface area contributed by atoms with Crippen LogP contribution < -0.4 is 0 Å². The minimum Gasteiger partial charge on any atom is -0.299 e. The first-order chi connectivity index (χ1) is 5.08. The molecule has 0 saturated heterocycles. The van der Waals surface area contributed by atoms with Gasteiger partial charge in [0.2, 0.25) is 0 Å². The first kappa shape index (κ1) is 8.76. The highest BCUT2D eigenvalue weighted by atomic mass is 16.1. The molecular formula is C10H18O. The molecule has 1 nitrogen and oxygen atoms in total. The molecule has 0 spiro atoms. The molecule has 1 unspecified atom stereocenters. The lowest BCUT2D eigenvalue weighted by atomic mass is 9.70. The highest BCUT2D eigenvalue weighted by molar-refractivity contribution is 5.86. The predicted molar refractivity (Wildman–Crippen MR) is 46.4 cm³/mol. The third-order valence-corrected chi connectivity index (χ3v) is 2.88. The van der Waals surface area contributed by atoms with E-state index in [9.17, 15) is 4.79 Å². The number of Topliss-reactive ketones (excluding diaryl/α,β-unsaturated/α-hetero) is 1. The van der Waals surface area contributed by atoms with Crippen molar-refractivity contribution in [1.82, 2.24) is 0 Å². The first-order valence-corrected chi connectivity index (χ1v) is 4.62. The second-order valence-corrected chi connectivity index (χ2v) is 4.25. The van der Waals surface area contributed by atoms with Gasteiger partial charge in [-0.15, -0.1) is 0 Å². The van der Waals surface area contributed by atoms with Gasteiger partial charge in [0.25, 0.3) is 0 Å². The molecule has 11 heavy (non-hydrogen) atoms. The molecule has 0 bridgehead atoms. The summed E-state index contributed by atoms with van der Waals surface area (Å²) in [4.78, 5) is 11.7. The molecule has 0 N–H and O–H groups in total. The van der Waals surface area contributed by atoms with E-state index in [1.165, 1.54) is 6.42 Å². The fourth-order valence-electron chi connectivity index (χ4n) is 1.99. The van der Waals surface area contributed by atoms with E-state index in [1.807, 2.05) is 0 Å². The summed E-state index contributed by atoms with van der Waals surface area (Å²) in [5.74, 6) is 0.852. The maximum Gasteiger partial charge on any atom is 0.141 e. The Balaban J connectivity index is 2.68. The van der Waals surface area contributed by atoms with Crippen molar-refractivity contribution in [2.24, 2.45) is 11.3 Å². The third-order valence-electron chi connectivity index (χ3n) is 2.88. The van der Waals surface area contributed by atoms with Crippen LogP contribution in [0.4, 0.5) is 0 Å². The predicted octanol–water partition coefficient (Wildman–Crippen LogP) is 2.79. The van der Waals surface area contributed by atoms with Gasteiger partial charge >= 0.3 is 0 Å². The summed E-state index contributed by atoms with van der Waals surface area (Å²) in [5.41, 5.74) is -0.0288. The van der Waals surface area contributed by atoms with Gasteiger partial charge < -0.3 is 0 Å². The molecule has 0 heterocycles. The van der Waals surface area contributed by atoms with E-state index < -0.39 is 0 Å². The molecule has 1 aliphatic carbocycles. The Kier molecular flexibility index (Phi) is 2.36. The fraction of sp³-hybridized carbons (Fsp3) is 0.900. The number of carbonyl (C=O) groups excluding carboxylic acids is 1. The van der Waals surface area contributed by atoms with Gasteiger partial charge in [0.05, 0.1) is 0 Å². The van der Waals surface area contributed by atoms with Crippen LogP contribution in [0.1, 0.15) is 46.5 Å². The van der Waals surface area contributed by atoms with Crippen molar-refractivity contribution in [3.05, 3.63) is 0 Å². The minimum absolute atomic E-state index is 0.0288. The Morgan fingerprint density at radius 1 is 1.55 bits per heavy atom. The SMILES string of the molecule is CCC1CCCC(C)(C)C1=O. The average Bonchev–Trinajstić information content (AvgIpc) is 1.95. The zero-order chi connectivity index (χ0) is 8.48. The van der Waals surface area contributed by atoms with Gasteiger partial charge in [0, 0.05) is 11.3 Å². The highest BCUT2D eigenvalue weighted by Gasteiger charge is 2.35. The molecule has 0 aliphatic heterocycles. The van der Waals surface area contributed by atoms with E-state index in [4.69, 9.17) is 0 Å². The Labute approximate surface area is 69.2 Å². The number of ketones is 1. The Morgan fingerprint density at radius 3 is 2.64 bits per heavy atom. The van der Waals surface area contributed by atoms with Gasteiger partial charge in [-0.05, 0) is 19.3 Å². The molecule has 1 rings (SSSR count). The second kappa shape index (κ2) is 2.96. The van der Waals surface area contributed by atoms with Crippen molar-refractivity contribution in [2.45, 2.75) is 46.5 Å². The van der Waals surface area contributed by atoms with Gasteiger partial charge in [-0.25, -0.2) is 0 Å². The van der Waals surface area contributed by atoms with Crippen LogP contribution in [0.2, 0.25) is 0 Å². The van der Waals surface area contributed by atoms with Gasteiger partial charge in [-0.1, -0.05) is 27.2 Å². The summed E-state index contributed by atoms with van der Waals surface area (Å²) in [5, 5.41) is 0. The van der Waals surface area contributed by atoms with Gasteiger partial charge in [-0.2, -0.15) is 0 Å². The summed E-state index contributed by atoms with van der Waals surface area (Å²) in [6.07, 6.45) is 4.47. The summed E-state index contributed by atoms with van der Waals surface area (Å²) >= 11 is 0. The zero-order valence-electron chi connectivity index (χ0n) is 7.81. The summed E-state index contributed by atoms with van der Waals surface area (Å²) in [6.45, 7) is 6.28. The summed E-state index contributed by atoms with van der Waals surface area (Å²) in [7, 11) is 0. The van der Waals surface area contributed by atoms with Crippen LogP contribution in [0, 0.1) is 11.3 Å². The molecule has 0 aromatic rings. The van der Waals surface area contributed by atoms with Gasteiger partial charge in [0.15, 0.2) is 0 Å². The quantitative estimate of drug-likeness (QED) is 0.567. The molecule has 1 atom stereocenters. The molecule has 1 fully saturated rings. The molecule has 1 heteroatoms. The lowest BCUT2D eigenvalue weighted by molar-refractivity contribution is -0.134. The van der Waals surface area contributed by atoms with Crippen molar-refractivity contribution in [3.63, 3.8) is 0 Å². The number of hydrogen-bond acceptors (Lipinski definition) is 1. The van der Waals surface area contributed by atoms with Crippen LogP contribution >= 0.6 is 0 Å². The van der Waals surface area contributed by atoms with E-state index in [0.717, 1.165) is 19.3 Å². The van der Waals surface area contributed by atoms with E-state index in [-0.39, 0.29) is 5.41 Å². The molecule has 1 aliphatic rings. The van der Waals surface area contributed by atoms with E-state index in [0.29, 0.717) is 11.7 Å². The normalized spacial score (nSPS) is 30.5. The molecule has 0 radical (unpaired) electrons. The highest BCUT2D eigenvalue weighted by Crippen LogP contribution is 2.36. The van der Waals surface area contributed by atoms with Crippen LogP contribution in [-0.4, -0.2) is 5.78 Å². The number of carbonyl (C=O) groups is 1. The van der Waals surface area contributed by atoms with Crippen LogP contribution in [0.3, 0.4) is 0 Å². The minimum atomic E-state index is -0.0288. The van der Waals surface area contributed by atoms with Crippen molar-refractivity contribution in [1.29, 1.82) is 0 Å². The maximum atomic E-state index is 11.7. The standard InChI is InChI=1S/C10H18O/c1-4-8-6-5-7-10(2,3)9(8)11/h8H,4-7H2,1-3H3. The Morgan fingerprint density at radius 2 is 2.18 bits per heavy atom. The van der Waals surface area contributed by atoms with Crippen molar-refractivity contribution in [2.75, 3.05) is 0 Å². The van der Waals surface area contributed by atoms with Crippen LogP contribution in [0.5, 0.6) is 0 Å². The molecule has 0 amide bonds. The summed E-state index contributed by atoms with van der Waals surface area (Å²) < 4.78 is 0. The smallest absolute Gasteiger partial charge is 0.141 e. The second-order valence-electron chi connectivity index (χ2n) is 4.25. The number of hydrogen-bond donors (Lipinski definition) is 0. The zero-order valence-corrected chi connectivity index (χ0v) is 7.81. The maximum absolute atomic E-state index is 11.7. The number of rotatable bonds is 1. The molecule has 0 aromatic carbocycles. The van der Waals surface area contributed by atoms with Crippen molar-refractivity contribution < 1.29 is 4.79 Å².